The summed E-state index contributed by atoms with van der Waals surface area (Å²) in [6.45, 7) is 2.41. The first-order valence-electron chi connectivity index (χ1n) is 5.51. The second kappa shape index (κ2) is 6.48. The van der Waals surface area contributed by atoms with Crippen LogP contribution in [0, 0.1) is 0 Å². The summed E-state index contributed by atoms with van der Waals surface area (Å²) >= 11 is 1.73. The number of thioether (sulfide) groups is 1. The Morgan fingerprint density at radius 3 is 2.61 bits per heavy atom. The number of urea groups is 1. The van der Waals surface area contributed by atoms with Gasteiger partial charge < -0.3 is 20.4 Å². The van der Waals surface area contributed by atoms with Crippen LogP contribution in [-0.4, -0.2) is 63.2 Å². The van der Waals surface area contributed by atoms with Gasteiger partial charge >= 0.3 is 18.0 Å². The minimum atomic E-state index is -1.39. The highest BCUT2D eigenvalue weighted by Gasteiger charge is 2.28. The quantitative estimate of drug-likeness (QED) is 0.670. The Hall–Kier alpha value is -1.44. The molecular formula is C10H16N2O5S. The summed E-state index contributed by atoms with van der Waals surface area (Å²) in [7, 11) is 0. The summed E-state index contributed by atoms with van der Waals surface area (Å²) in [5, 5.41) is 19.7. The molecule has 0 saturated carbocycles. The van der Waals surface area contributed by atoms with Crippen LogP contribution in [-0.2, 0) is 9.59 Å². The van der Waals surface area contributed by atoms with Crippen molar-refractivity contribution in [1.82, 2.24) is 10.2 Å². The van der Waals surface area contributed by atoms with Crippen molar-refractivity contribution in [2.45, 2.75) is 25.4 Å². The van der Waals surface area contributed by atoms with Crippen LogP contribution in [0.1, 0.15) is 13.3 Å². The lowest BCUT2D eigenvalue weighted by Gasteiger charge is -2.33. The van der Waals surface area contributed by atoms with Gasteiger partial charge in [-0.25, -0.2) is 9.59 Å². The molecule has 102 valence electrons. The van der Waals surface area contributed by atoms with Crippen molar-refractivity contribution in [3.05, 3.63) is 0 Å². The molecule has 2 unspecified atom stereocenters. The van der Waals surface area contributed by atoms with Crippen molar-refractivity contribution < 1.29 is 24.6 Å². The number of carboxylic acids is 2. The van der Waals surface area contributed by atoms with Crippen molar-refractivity contribution in [3.8, 4) is 0 Å². The Balaban J connectivity index is 2.59. The first-order valence-corrected chi connectivity index (χ1v) is 6.66. The van der Waals surface area contributed by atoms with Gasteiger partial charge in [0.1, 0.15) is 6.04 Å². The number of amides is 2. The Morgan fingerprint density at radius 1 is 1.44 bits per heavy atom. The zero-order valence-electron chi connectivity index (χ0n) is 9.96. The van der Waals surface area contributed by atoms with Crippen molar-refractivity contribution in [2.75, 3.05) is 18.1 Å². The molecular weight excluding hydrogens is 260 g/mol. The van der Waals surface area contributed by atoms with Gasteiger partial charge in [-0.2, -0.15) is 11.8 Å². The third-order valence-corrected chi connectivity index (χ3v) is 3.79. The van der Waals surface area contributed by atoms with E-state index in [0.717, 1.165) is 11.5 Å². The molecule has 0 aromatic heterocycles. The highest BCUT2D eigenvalue weighted by molar-refractivity contribution is 7.99. The minimum Gasteiger partial charge on any atom is -0.481 e. The van der Waals surface area contributed by atoms with Crippen LogP contribution < -0.4 is 5.32 Å². The zero-order valence-corrected chi connectivity index (χ0v) is 10.8. The van der Waals surface area contributed by atoms with Crippen LogP contribution in [0.4, 0.5) is 4.79 Å². The first-order chi connectivity index (χ1) is 8.41. The Morgan fingerprint density at radius 2 is 2.11 bits per heavy atom. The molecule has 1 fully saturated rings. The van der Waals surface area contributed by atoms with E-state index in [-0.39, 0.29) is 6.04 Å². The van der Waals surface area contributed by atoms with E-state index in [1.54, 1.807) is 11.8 Å². The molecule has 1 aliphatic rings. The lowest BCUT2D eigenvalue weighted by molar-refractivity contribution is -0.145. The number of hydrogen-bond donors (Lipinski definition) is 3. The van der Waals surface area contributed by atoms with Gasteiger partial charge in [0.05, 0.1) is 6.42 Å². The molecule has 7 nitrogen and oxygen atoms in total. The number of nitrogens with one attached hydrogen (secondary N) is 1. The molecule has 8 heteroatoms. The fourth-order valence-electron chi connectivity index (χ4n) is 1.64. The first kappa shape index (κ1) is 14.6. The largest absolute Gasteiger partial charge is 0.481 e. The van der Waals surface area contributed by atoms with Crippen LogP contribution in [0.15, 0.2) is 0 Å². The lowest BCUT2D eigenvalue weighted by Crippen LogP contribution is -2.53. The normalized spacial score (nSPS) is 21.2. The van der Waals surface area contributed by atoms with E-state index in [0.29, 0.717) is 6.54 Å². The van der Waals surface area contributed by atoms with Crippen LogP contribution >= 0.6 is 11.8 Å². The molecule has 1 aliphatic heterocycles. The lowest BCUT2D eigenvalue weighted by atomic mass is 10.2. The van der Waals surface area contributed by atoms with Gasteiger partial charge in [0.2, 0.25) is 0 Å². The highest BCUT2D eigenvalue weighted by atomic mass is 32.2. The molecule has 0 aromatic carbocycles. The maximum Gasteiger partial charge on any atom is 0.326 e. The number of aliphatic carboxylic acids is 2. The highest BCUT2D eigenvalue weighted by Crippen LogP contribution is 2.16. The second-order valence-corrected chi connectivity index (χ2v) is 5.21. The average molecular weight is 276 g/mol. The van der Waals surface area contributed by atoms with Gasteiger partial charge in [-0.1, -0.05) is 0 Å². The number of hydrogen-bond acceptors (Lipinski definition) is 4. The predicted octanol–water partition coefficient (Wildman–Crippen LogP) is 0.0612. The van der Waals surface area contributed by atoms with Gasteiger partial charge in [0.25, 0.3) is 0 Å². The van der Waals surface area contributed by atoms with E-state index in [1.165, 1.54) is 4.90 Å². The van der Waals surface area contributed by atoms with Crippen molar-refractivity contribution in [3.63, 3.8) is 0 Å². The molecule has 2 atom stereocenters. The maximum absolute atomic E-state index is 11.9. The SMILES string of the molecule is CC1CSCCN1C(=O)NC(CC(=O)O)C(=O)O. The molecule has 0 bridgehead atoms. The number of nitrogens with zero attached hydrogens (tertiary/aromatic N) is 1. The minimum absolute atomic E-state index is 0.0167. The third kappa shape index (κ3) is 4.10. The Labute approximate surface area is 109 Å². The van der Waals surface area contributed by atoms with Gasteiger partial charge in [0, 0.05) is 24.1 Å². The summed E-state index contributed by atoms with van der Waals surface area (Å²) in [6.07, 6.45) is -0.627. The fourth-order valence-corrected chi connectivity index (χ4v) is 2.65. The van der Waals surface area contributed by atoms with E-state index in [2.05, 4.69) is 5.32 Å². The van der Waals surface area contributed by atoms with E-state index in [1.807, 2.05) is 6.92 Å². The van der Waals surface area contributed by atoms with Crippen LogP contribution in [0.5, 0.6) is 0 Å². The molecule has 1 rings (SSSR count). The molecule has 0 spiro atoms. The second-order valence-electron chi connectivity index (χ2n) is 4.06. The van der Waals surface area contributed by atoms with Crippen molar-refractivity contribution in [1.29, 1.82) is 0 Å². The number of carbonyl (C=O) groups excluding carboxylic acids is 1. The van der Waals surface area contributed by atoms with Crippen molar-refractivity contribution in [2.24, 2.45) is 0 Å². The smallest absolute Gasteiger partial charge is 0.326 e. The topological polar surface area (TPSA) is 107 Å². The summed E-state index contributed by atoms with van der Waals surface area (Å²) in [4.78, 5) is 34.7. The fraction of sp³-hybridized carbons (Fsp3) is 0.700. The van der Waals surface area contributed by atoms with Gasteiger partial charge in [-0.05, 0) is 6.92 Å². The van der Waals surface area contributed by atoms with Crippen LogP contribution in [0.3, 0.4) is 0 Å². The van der Waals surface area contributed by atoms with Gasteiger partial charge in [-0.15, -0.1) is 0 Å². The summed E-state index contributed by atoms with van der Waals surface area (Å²) in [5.74, 6) is -1.01. The standard InChI is InChI=1S/C10H16N2O5S/c1-6-5-18-3-2-12(6)10(17)11-7(9(15)16)4-8(13)14/h6-7H,2-5H2,1H3,(H,11,17)(H,13,14)(H,15,16). The summed E-state index contributed by atoms with van der Waals surface area (Å²) in [6, 6.07) is -1.89. The predicted molar refractivity (Wildman–Crippen MR) is 65.7 cm³/mol. The maximum atomic E-state index is 11.9. The number of carbonyl (C=O) groups is 3. The monoisotopic (exact) mass is 276 g/mol. The van der Waals surface area contributed by atoms with E-state index < -0.39 is 30.4 Å². The van der Waals surface area contributed by atoms with Gasteiger partial charge in [0.15, 0.2) is 0 Å². The molecule has 2 amide bonds. The van der Waals surface area contributed by atoms with E-state index in [4.69, 9.17) is 10.2 Å². The average Bonchev–Trinajstić information content (AvgIpc) is 2.27. The van der Waals surface area contributed by atoms with E-state index >= 15 is 0 Å². The molecule has 1 saturated heterocycles. The zero-order chi connectivity index (χ0) is 13.7. The number of rotatable bonds is 4. The van der Waals surface area contributed by atoms with Crippen molar-refractivity contribution >= 4 is 29.7 Å². The molecule has 0 aromatic rings. The molecule has 0 aliphatic carbocycles. The van der Waals surface area contributed by atoms with Crippen LogP contribution in [0.2, 0.25) is 0 Å². The van der Waals surface area contributed by atoms with E-state index in [9.17, 15) is 14.4 Å². The van der Waals surface area contributed by atoms with Gasteiger partial charge in [-0.3, -0.25) is 4.79 Å². The Bertz CT molecular complexity index is 349. The summed E-state index contributed by atoms with van der Waals surface area (Å²) in [5.41, 5.74) is 0. The summed E-state index contributed by atoms with van der Waals surface area (Å²) < 4.78 is 0. The Kier molecular flexibility index (Phi) is 5.26. The molecule has 1 heterocycles. The number of carboxylic acid groups (broad SMARTS) is 2. The third-order valence-electron chi connectivity index (χ3n) is 2.60. The molecule has 18 heavy (non-hydrogen) atoms. The van der Waals surface area contributed by atoms with Crippen LogP contribution in [0.25, 0.3) is 0 Å². The molecule has 3 N–H and O–H groups in total. The molecule has 0 radical (unpaired) electrons.